The Morgan fingerprint density at radius 1 is 1.16 bits per heavy atom. The smallest absolute Gasteiger partial charge is 0.224 e. The molecule has 0 saturated heterocycles. The van der Waals surface area contributed by atoms with Crippen molar-refractivity contribution in [2.24, 2.45) is 0 Å². The molecule has 1 N–H and O–H groups in total. The molecule has 6 heteroatoms. The van der Waals surface area contributed by atoms with Crippen molar-refractivity contribution in [3.63, 3.8) is 0 Å². The summed E-state index contributed by atoms with van der Waals surface area (Å²) in [5.74, 6) is 0.736. The molecule has 2 aromatic rings. The number of ether oxygens (including phenoxy) is 1. The van der Waals surface area contributed by atoms with Gasteiger partial charge in [0.2, 0.25) is 5.91 Å². The Labute approximate surface area is 158 Å². The van der Waals surface area contributed by atoms with Gasteiger partial charge in [-0.3, -0.25) is 4.79 Å². The third-order valence-electron chi connectivity index (χ3n) is 3.94. The Hall–Kier alpha value is -1.75. The number of amides is 1. The number of halogens is 2. The minimum atomic E-state index is -0.0619. The molecule has 2 rings (SSSR count). The van der Waals surface area contributed by atoms with E-state index < -0.39 is 0 Å². The van der Waals surface area contributed by atoms with Gasteiger partial charge in [0, 0.05) is 6.54 Å². The highest BCUT2D eigenvalue weighted by Crippen LogP contribution is 2.23. The zero-order valence-electron chi connectivity index (χ0n) is 14.6. The fraction of sp³-hybridized carbons (Fsp3) is 0.316. The molecule has 1 atom stereocenters. The SMILES string of the molecule is COc1cccc([C@@H](CNC(=O)Cc2ccc(Cl)c(Cl)c2)N(C)C)c1. The number of hydrogen-bond acceptors (Lipinski definition) is 3. The number of carbonyl (C=O) groups excluding carboxylic acids is 1. The van der Waals surface area contributed by atoms with Crippen LogP contribution in [0.4, 0.5) is 0 Å². The lowest BCUT2D eigenvalue weighted by Crippen LogP contribution is -2.35. The first kappa shape index (κ1) is 19.6. The molecule has 4 nitrogen and oxygen atoms in total. The van der Waals surface area contributed by atoms with Gasteiger partial charge in [0.25, 0.3) is 0 Å². The minimum absolute atomic E-state index is 0.0489. The zero-order chi connectivity index (χ0) is 18.4. The second-order valence-corrected chi connectivity index (χ2v) is 6.80. The van der Waals surface area contributed by atoms with E-state index in [9.17, 15) is 4.79 Å². The molecule has 0 bridgehead atoms. The quantitative estimate of drug-likeness (QED) is 0.789. The number of methoxy groups -OCH3 is 1. The van der Waals surface area contributed by atoms with Gasteiger partial charge in [0.05, 0.1) is 29.6 Å². The molecule has 0 aromatic heterocycles. The van der Waals surface area contributed by atoms with Crippen LogP contribution in [-0.2, 0) is 11.2 Å². The maximum Gasteiger partial charge on any atom is 0.224 e. The molecule has 0 fully saturated rings. The lowest BCUT2D eigenvalue weighted by molar-refractivity contribution is -0.120. The van der Waals surface area contributed by atoms with E-state index >= 15 is 0 Å². The maximum absolute atomic E-state index is 12.3. The third-order valence-corrected chi connectivity index (χ3v) is 4.68. The van der Waals surface area contributed by atoms with Gasteiger partial charge in [-0.2, -0.15) is 0 Å². The molecule has 1 amide bonds. The zero-order valence-corrected chi connectivity index (χ0v) is 16.1. The number of benzene rings is 2. The summed E-state index contributed by atoms with van der Waals surface area (Å²) in [5.41, 5.74) is 1.91. The van der Waals surface area contributed by atoms with Crippen molar-refractivity contribution in [1.29, 1.82) is 0 Å². The van der Waals surface area contributed by atoms with Gasteiger partial charge < -0.3 is 15.0 Å². The van der Waals surface area contributed by atoms with E-state index in [0.717, 1.165) is 16.9 Å². The number of rotatable bonds is 7. The van der Waals surface area contributed by atoms with Crippen LogP contribution in [0.15, 0.2) is 42.5 Å². The Balaban J connectivity index is 2.00. The van der Waals surface area contributed by atoms with Crippen LogP contribution in [0.25, 0.3) is 0 Å². The molecule has 0 aliphatic heterocycles. The highest BCUT2D eigenvalue weighted by Gasteiger charge is 2.16. The minimum Gasteiger partial charge on any atom is -0.497 e. The summed E-state index contributed by atoms with van der Waals surface area (Å²) in [7, 11) is 5.60. The van der Waals surface area contributed by atoms with Crippen LogP contribution in [0.1, 0.15) is 17.2 Å². The lowest BCUT2D eigenvalue weighted by atomic mass is 10.1. The van der Waals surface area contributed by atoms with E-state index in [1.54, 1.807) is 25.3 Å². The molecule has 0 unspecified atom stereocenters. The highest BCUT2D eigenvalue weighted by atomic mass is 35.5. The number of nitrogens with one attached hydrogen (secondary N) is 1. The van der Waals surface area contributed by atoms with E-state index in [-0.39, 0.29) is 18.4 Å². The van der Waals surface area contributed by atoms with Gasteiger partial charge in [-0.05, 0) is 49.5 Å². The second kappa shape index (κ2) is 9.09. The van der Waals surface area contributed by atoms with Gasteiger partial charge in [-0.25, -0.2) is 0 Å². The summed E-state index contributed by atoms with van der Waals surface area (Å²) in [4.78, 5) is 14.3. The summed E-state index contributed by atoms with van der Waals surface area (Å²) >= 11 is 11.9. The molecular formula is C19H22Cl2N2O2. The van der Waals surface area contributed by atoms with Crippen LogP contribution in [0.2, 0.25) is 10.0 Å². The third kappa shape index (κ3) is 5.63. The monoisotopic (exact) mass is 380 g/mol. The molecular weight excluding hydrogens is 359 g/mol. The largest absolute Gasteiger partial charge is 0.497 e. The fourth-order valence-corrected chi connectivity index (χ4v) is 2.88. The first-order chi connectivity index (χ1) is 11.9. The van der Waals surface area contributed by atoms with Gasteiger partial charge in [0.1, 0.15) is 5.75 Å². The lowest BCUT2D eigenvalue weighted by Gasteiger charge is -2.25. The number of hydrogen-bond donors (Lipinski definition) is 1. The van der Waals surface area contributed by atoms with Crippen LogP contribution in [-0.4, -0.2) is 38.6 Å². The van der Waals surface area contributed by atoms with Gasteiger partial charge >= 0.3 is 0 Å². The van der Waals surface area contributed by atoms with Crippen molar-refractivity contribution >= 4 is 29.1 Å². The van der Waals surface area contributed by atoms with E-state index in [4.69, 9.17) is 27.9 Å². The Kier molecular flexibility index (Phi) is 7.12. The second-order valence-electron chi connectivity index (χ2n) is 5.99. The number of nitrogens with zero attached hydrogens (tertiary/aromatic N) is 1. The van der Waals surface area contributed by atoms with Crippen molar-refractivity contribution in [3.8, 4) is 5.75 Å². The molecule has 0 saturated carbocycles. The number of likely N-dealkylation sites (N-methyl/N-ethyl adjacent to an activating group) is 1. The molecule has 0 aliphatic rings. The van der Waals surface area contributed by atoms with Crippen molar-refractivity contribution < 1.29 is 9.53 Å². The van der Waals surface area contributed by atoms with Crippen molar-refractivity contribution in [2.75, 3.05) is 27.7 Å². The summed E-state index contributed by atoms with van der Waals surface area (Å²) in [5, 5.41) is 3.92. The van der Waals surface area contributed by atoms with Crippen molar-refractivity contribution in [1.82, 2.24) is 10.2 Å². The average Bonchev–Trinajstić information content (AvgIpc) is 2.58. The normalized spacial score (nSPS) is 12.1. The fourth-order valence-electron chi connectivity index (χ4n) is 2.56. The molecule has 0 aliphatic carbocycles. The van der Waals surface area contributed by atoms with Crippen molar-refractivity contribution in [2.45, 2.75) is 12.5 Å². The van der Waals surface area contributed by atoms with E-state index in [0.29, 0.717) is 16.6 Å². The molecule has 0 radical (unpaired) electrons. The van der Waals surface area contributed by atoms with E-state index in [1.165, 1.54) is 0 Å². The maximum atomic E-state index is 12.3. The molecule has 25 heavy (non-hydrogen) atoms. The Morgan fingerprint density at radius 2 is 1.92 bits per heavy atom. The summed E-state index contributed by atoms with van der Waals surface area (Å²) in [6, 6.07) is 13.1. The average molecular weight is 381 g/mol. The molecule has 0 heterocycles. The first-order valence-corrected chi connectivity index (χ1v) is 8.67. The van der Waals surface area contributed by atoms with Gasteiger partial charge in [-0.15, -0.1) is 0 Å². The summed E-state index contributed by atoms with van der Waals surface area (Å²) < 4.78 is 5.28. The molecule has 2 aromatic carbocycles. The van der Waals surface area contributed by atoms with Gasteiger partial charge in [-0.1, -0.05) is 41.4 Å². The van der Waals surface area contributed by atoms with Crippen LogP contribution >= 0.6 is 23.2 Å². The van der Waals surface area contributed by atoms with Crippen LogP contribution in [0, 0.1) is 0 Å². The van der Waals surface area contributed by atoms with Gasteiger partial charge in [0.15, 0.2) is 0 Å². The molecule has 0 spiro atoms. The van der Waals surface area contributed by atoms with Crippen molar-refractivity contribution in [3.05, 3.63) is 63.6 Å². The Bertz CT molecular complexity index is 735. The highest BCUT2D eigenvalue weighted by molar-refractivity contribution is 6.42. The predicted octanol–water partition coefficient (Wildman–Crippen LogP) is 3.96. The van der Waals surface area contributed by atoms with Crippen LogP contribution in [0.3, 0.4) is 0 Å². The Morgan fingerprint density at radius 3 is 2.56 bits per heavy atom. The van der Waals surface area contributed by atoms with E-state index in [2.05, 4.69) is 10.2 Å². The van der Waals surface area contributed by atoms with E-state index in [1.807, 2.05) is 38.4 Å². The predicted molar refractivity (Wildman–Crippen MR) is 103 cm³/mol. The summed E-state index contributed by atoms with van der Waals surface area (Å²) in [6.45, 7) is 0.500. The standard InChI is InChI=1S/C19H22Cl2N2O2/c1-23(2)18(14-5-4-6-15(11-14)25-3)12-22-19(24)10-13-7-8-16(20)17(21)9-13/h4-9,11,18H,10,12H2,1-3H3,(H,22,24)/t18-/m1/s1. The first-order valence-electron chi connectivity index (χ1n) is 7.91. The summed E-state index contributed by atoms with van der Waals surface area (Å²) in [6.07, 6.45) is 0.259. The van der Waals surface area contributed by atoms with Crippen LogP contribution < -0.4 is 10.1 Å². The van der Waals surface area contributed by atoms with Crippen LogP contribution in [0.5, 0.6) is 5.75 Å². The number of carbonyl (C=O) groups is 1. The topological polar surface area (TPSA) is 41.6 Å². The molecule has 134 valence electrons.